The number of fused-ring (bicyclic) bond motifs is 1. The van der Waals surface area contributed by atoms with Gasteiger partial charge in [-0.1, -0.05) is 53.0 Å². The summed E-state index contributed by atoms with van der Waals surface area (Å²) in [6, 6.07) is 15.8. The number of aromatic nitrogens is 1. The molecule has 3 N–H and O–H groups in total. The summed E-state index contributed by atoms with van der Waals surface area (Å²) < 4.78 is 11.9. The van der Waals surface area contributed by atoms with Crippen LogP contribution in [0.5, 0.6) is 5.75 Å². The van der Waals surface area contributed by atoms with Crippen LogP contribution in [0, 0.1) is 6.92 Å². The van der Waals surface area contributed by atoms with Crippen molar-refractivity contribution >= 4 is 40.3 Å². The van der Waals surface area contributed by atoms with Crippen LogP contribution in [0.1, 0.15) is 16.7 Å². The van der Waals surface area contributed by atoms with Crippen molar-refractivity contribution in [3.05, 3.63) is 81.3 Å². The first-order valence-corrected chi connectivity index (χ1v) is 10.6. The van der Waals surface area contributed by atoms with Crippen LogP contribution < -0.4 is 10.5 Å². The fourth-order valence-electron chi connectivity index (χ4n) is 3.30. The van der Waals surface area contributed by atoms with Crippen molar-refractivity contribution in [3.63, 3.8) is 0 Å². The normalized spacial score (nSPS) is 12.1. The zero-order valence-electron chi connectivity index (χ0n) is 17.1. The maximum absolute atomic E-state index is 11.0. The lowest BCUT2D eigenvalue weighted by Gasteiger charge is -2.13. The highest BCUT2D eigenvalue weighted by Crippen LogP contribution is 2.36. The van der Waals surface area contributed by atoms with Gasteiger partial charge in [-0.15, -0.1) is 0 Å². The summed E-state index contributed by atoms with van der Waals surface area (Å²) in [6.07, 6.45) is 0.105. The Hall–Kier alpha value is -3.06. The summed E-state index contributed by atoms with van der Waals surface area (Å²) in [7, 11) is 0. The minimum absolute atomic E-state index is 0.105. The summed E-state index contributed by atoms with van der Waals surface area (Å²) >= 11 is 12.7. The number of aryl methyl sites for hydroxylation is 1. The van der Waals surface area contributed by atoms with Crippen molar-refractivity contribution in [2.75, 3.05) is 0 Å². The molecule has 0 bridgehead atoms. The molecule has 0 saturated carbocycles. The molecule has 1 aromatic heterocycles. The fourth-order valence-corrected chi connectivity index (χ4v) is 3.94. The molecule has 0 radical (unpaired) electrons. The predicted molar refractivity (Wildman–Crippen MR) is 124 cm³/mol. The van der Waals surface area contributed by atoms with Crippen molar-refractivity contribution < 1.29 is 19.1 Å². The van der Waals surface area contributed by atoms with Gasteiger partial charge in [-0.25, -0.2) is 4.98 Å². The molecule has 3 aromatic carbocycles. The first-order chi connectivity index (χ1) is 15.3. The van der Waals surface area contributed by atoms with Crippen LogP contribution >= 0.6 is 23.2 Å². The molecule has 0 aliphatic rings. The molecule has 0 amide bonds. The average molecular weight is 471 g/mol. The Morgan fingerprint density at radius 3 is 2.50 bits per heavy atom. The number of carbonyl (C=O) groups is 1. The zero-order valence-corrected chi connectivity index (χ0v) is 18.7. The molecule has 0 fully saturated rings. The topological polar surface area (TPSA) is 98.6 Å². The van der Waals surface area contributed by atoms with Crippen LogP contribution in [0.15, 0.2) is 59.0 Å². The van der Waals surface area contributed by atoms with Crippen molar-refractivity contribution in [2.45, 2.75) is 26.0 Å². The molecule has 0 saturated heterocycles. The zero-order chi connectivity index (χ0) is 22.8. The van der Waals surface area contributed by atoms with Crippen molar-refractivity contribution in [3.8, 4) is 17.2 Å². The molecular weight excluding hydrogens is 451 g/mol. The second kappa shape index (κ2) is 9.20. The number of carboxylic acids is 1. The molecule has 1 atom stereocenters. The van der Waals surface area contributed by atoms with E-state index in [-0.39, 0.29) is 23.1 Å². The van der Waals surface area contributed by atoms with E-state index in [9.17, 15) is 4.79 Å². The first kappa shape index (κ1) is 22.1. The lowest BCUT2D eigenvalue weighted by molar-refractivity contribution is -0.138. The summed E-state index contributed by atoms with van der Waals surface area (Å²) in [5.74, 6) is -0.262. The lowest BCUT2D eigenvalue weighted by atomic mass is 10.1. The molecule has 1 heterocycles. The maximum atomic E-state index is 11.0. The molecule has 6 nitrogen and oxygen atoms in total. The highest BCUT2D eigenvalue weighted by Gasteiger charge is 2.17. The number of nitrogens with zero attached hydrogens (tertiary/aromatic N) is 1. The van der Waals surface area contributed by atoms with E-state index >= 15 is 0 Å². The Morgan fingerprint density at radius 1 is 1.16 bits per heavy atom. The van der Waals surface area contributed by atoms with Gasteiger partial charge < -0.3 is 20.0 Å². The van der Waals surface area contributed by atoms with Crippen molar-refractivity contribution in [1.29, 1.82) is 0 Å². The second-order valence-corrected chi connectivity index (χ2v) is 8.29. The average Bonchev–Trinajstić information content (AvgIpc) is 3.18. The van der Waals surface area contributed by atoms with Crippen LogP contribution in [0.2, 0.25) is 10.0 Å². The molecule has 4 aromatic rings. The van der Waals surface area contributed by atoms with E-state index in [1.165, 1.54) is 0 Å². The molecule has 4 rings (SSSR count). The van der Waals surface area contributed by atoms with E-state index in [2.05, 4.69) is 4.98 Å². The number of ether oxygens (including phenoxy) is 1. The highest BCUT2D eigenvalue weighted by molar-refractivity contribution is 6.37. The van der Waals surface area contributed by atoms with Gasteiger partial charge in [0, 0.05) is 11.1 Å². The molecule has 0 spiro atoms. The molecule has 8 heteroatoms. The van der Waals surface area contributed by atoms with Gasteiger partial charge in [-0.2, -0.15) is 0 Å². The van der Waals surface area contributed by atoms with Crippen molar-refractivity contribution in [1.82, 2.24) is 4.98 Å². The van der Waals surface area contributed by atoms with E-state index in [0.29, 0.717) is 22.8 Å². The number of carboxylic acid groups (broad SMARTS) is 1. The van der Waals surface area contributed by atoms with Gasteiger partial charge in [0.1, 0.15) is 18.2 Å². The quantitative estimate of drug-likeness (QED) is 0.362. The van der Waals surface area contributed by atoms with Gasteiger partial charge in [0.25, 0.3) is 0 Å². The number of rotatable bonds is 7. The van der Waals surface area contributed by atoms with Crippen LogP contribution in [-0.4, -0.2) is 22.1 Å². The number of oxazole rings is 1. The number of hydrogen-bond acceptors (Lipinski definition) is 5. The minimum atomic E-state index is -1.09. The van der Waals surface area contributed by atoms with Gasteiger partial charge in [-0.05, 0) is 49.2 Å². The Bertz CT molecular complexity index is 1260. The molecule has 32 heavy (non-hydrogen) atoms. The Kier molecular flexibility index (Phi) is 6.37. The number of hydrogen-bond donors (Lipinski definition) is 2. The van der Waals surface area contributed by atoms with Crippen LogP contribution in [0.4, 0.5) is 0 Å². The lowest BCUT2D eigenvalue weighted by Crippen LogP contribution is -2.32. The van der Waals surface area contributed by atoms with E-state index in [4.69, 9.17) is 43.2 Å². The molecular formula is C24H20Cl2N2O4. The van der Waals surface area contributed by atoms with Crippen LogP contribution in [0.25, 0.3) is 22.6 Å². The molecule has 1 unspecified atom stereocenters. The minimum Gasteiger partial charge on any atom is -0.486 e. The predicted octanol–water partition coefficient (Wildman–Crippen LogP) is 5.64. The SMILES string of the molecule is Cc1ccc(-c2nc3cccc(COc4c(Cl)cc(CC(N)C(=O)O)cc4Cl)c3o2)cc1. The smallest absolute Gasteiger partial charge is 0.320 e. The Labute approximate surface area is 194 Å². The first-order valence-electron chi connectivity index (χ1n) is 9.86. The number of para-hydroxylation sites is 1. The number of halogens is 2. The number of aliphatic carboxylic acids is 1. The van der Waals surface area contributed by atoms with E-state index in [0.717, 1.165) is 22.2 Å². The molecule has 0 aliphatic carbocycles. The third-order valence-corrected chi connectivity index (χ3v) is 5.56. The van der Waals surface area contributed by atoms with Crippen LogP contribution in [-0.2, 0) is 17.8 Å². The van der Waals surface area contributed by atoms with Gasteiger partial charge in [-0.3, -0.25) is 4.79 Å². The highest BCUT2D eigenvalue weighted by atomic mass is 35.5. The Balaban J connectivity index is 1.56. The Morgan fingerprint density at radius 2 is 1.84 bits per heavy atom. The van der Waals surface area contributed by atoms with Crippen molar-refractivity contribution in [2.24, 2.45) is 5.73 Å². The second-order valence-electron chi connectivity index (χ2n) is 7.48. The van der Waals surface area contributed by atoms with Gasteiger partial charge >= 0.3 is 5.97 Å². The van der Waals surface area contributed by atoms with Gasteiger partial charge in [0.15, 0.2) is 11.3 Å². The number of nitrogens with two attached hydrogens (primary N) is 1. The van der Waals surface area contributed by atoms with E-state index < -0.39 is 12.0 Å². The summed E-state index contributed by atoms with van der Waals surface area (Å²) in [5, 5.41) is 9.54. The largest absolute Gasteiger partial charge is 0.486 e. The monoisotopic (exact) mass is 470 g/mol. The van der Waals surface area contributed by atoms with Gasteiger partial charge in [0.2, 0.25) is 5.89 Å². The summed E-state index contributed by atoms with van der Waals surface area (Å²) in [5.41, 5.74) is 10.4. The third-order valence-electron chi connectivity index (χ3n) is 5.00. The summed E-state index contributed by atoms with van der Waals surface area (Å²) in [6.45, 7) is 2.18. The summed E-state index contributed by atoms with van der Waals surface area (Å²) in [4.78, 5) is 15.6. The van der Waals surface area contributed by atoms with Gasteiger partial charge in [0.05, 0.1) is 10.0 Å². The van der Waals surface area contributed by atoms with E-state index in [1.54, 1.807) is 12.1 Å². The standard InChI is InChI=1S/C24H20Cl2N2O4/c1-13-5-7-15(8-6-13)23-28-20-4-2-3-16(21(20)32-23)12-31-22-17(25)9-14(10-18(22)26)11-19(27)24(29)30/h2-10,19H,11-12,27H2,1H3,(H,29,30). The molecule has 164 valence electrons. The van der Waals surface area contributed by atoms with Crippen LogP contribution in [0.3, 0.4) is 0 Å². The maximum Gasteiger partial charge on any atom is 0.320 e. The molecule has 0 aliphatic heterocycles. The number of benzene rings is 3. The van der Waals surface area contributed by atoms with E-state index in [1.807, 2.05) is 49.4 Å². The third kappa shape index (κ3) is 4.72. The fraction of sp³-hybridized carbons (Fsp3) is 0.167.